The summed E-state index contributed by atoms with van der Waals surface area (Å²) < 4.78 is 9.93. The van der Waals surface area contributed by atoms with Crippen molar-refractivity contribution in [2.24, 2.45) is 0 Å². The van der Waals surface area contributed by atoms with Crippen LogP contribution < -0.4 is 15.4 Å². The van der Waals surface area contributed by atoms with Gasteiger partial charge in [0.25, 0.3) is 11.8 Å². The van der Waals surface area contributed by atoms with E-state index in [1.807, 2.05) is 18.4 Å². The molecule has 0 aromatic heterocycles. The Balaban J connectivity index is 1.77. The Morgan fingerprint density at radius 3 is 2.59 bits per heavy atom. The van der Waals surface area contributed by atoms with Crippen molar-refractivity contribution in [3.05, 3.63) is 54.1 Å². The number of rotatable bonds is 8. The summed E-state index contributed by atoms with van der Waals surface area (Å²) in [4.78, 5) is 36.6. The molecule has 0 aliphatic carbocycles. The summed E-state index contributed by atoms with van der Waals surface area (Å²) in [6.07, 6.45) is 1.90. The summed E-state index contributed by atoms with van der Waals surface area (Å²) in [5.74, 6) is -1.07. The Morgan fingerprint density at radius 2 is 1.85 bits per heavy atom. The first kappa shape index (κ1) is 20.3. The van der Waals surface area contributed by atoms with Crippen LogP contribution in [0.5, 0.6) is 5.75 Å². The van der Waals surface area contributed by atoms with E-state index in [2.05, 4.69) is 10.6 Å². The Bertz CT molecular complexity index is 825. The van der Waals surface area contributed by atoms with Crippen LogP contribution in [0.2, 0.25) is 0 Å². The van der Waals surface area contributed by atoms with Crippen molar-refractivity contribution < 1.29 is 23.9 Å². The minimum Gasteiger partial charge on any atom is -0.497 e. The van der Waals surface area contributed by atoms with Crippen molar-refractivity contribution in [3.8, 4) is 5.75 Å². The number of hydrogen-bond donors (Lipinski definition) is 2. The van der Waals surface area contributed by atoms with Gasteiger partial charge >= 0.3 is 5.97 Å². The molecular formula is C19H20N2O5S. The number of para-hydroxylation sites is 1. The maximum atomic E-state index is 12.0. The largest absolute Gasteiger partial charge is 0.497 e. The molecule has 0 heterocycles. The minimum atomic E-state index is -0.709. The molecule has 0 atom stereocenters. The van der Waals surface area contributed by atoms with E-state index >= 15 is 0 Å². The highest BCUT2D eigenvalue weighted by atomic mass is 32.2. The summed E-state index contributed by atoms with van der Waals surface area (Å²) in [5.41, 5.74) is 1.01. The molecule has 27 heavy (non-hydrogen) atoms. The van der Waals surface area contributed by atoms with Gasteiger partial charge in [-0.05, 0) is 36.6 Å². The summed E-state index contributed by atoms with van der Waals surface area (Å²) in [6.45, 7) is -0.776. The van der Waals surface area contributed by atoms with E-state index in [9.17, 15) is 14.4 Å². The lowest BCUT2D eigenvalue weighted by Gasteiger charge is -2.10. The number of carbonyl (C=O) groups is 3. The highest BCUT2D eigenvalue weighted by molar-refractivity contribution is 7.98. The molecule has 0 saturated carbocycles. The fraction of sp³-hybridized carbons (Fsp3) is 0.211. The maximum absolute atomic E-state index is 12.0. The number of hydrogen-bond acceptors (Lipinski definition) is 6. The molecule has 2 rings (SSSR count). The van der Waals surface area contributed by atoms with Crippen molar-refractivity contribution in [1.82, 2.24) is 5.32 Å². The number of esters is 1. The van der Waals surface area contributed by atoms with E-state index < -0.39 is 24.4 Å². The predicted octanol–water partition coefficient (Wildman–Crippen LogP) is 2.33. The van der Waals surface area contributed by atoms with Gasteiger partial charge in [0, 0.05) is 10.5 Å². The second-order valence-electron chi connectivity index (χ2n) is 5.32. The van der Waals surface area contributed by atoms with Crippen molar-refractivity contribution in [2.45, 2.75) is 4.90 Å². The quantitative estimate of drug-likeness (QED) is 0.533. The minimum absolute atomic E-state index is 0.343. The molecule has 0 spiro atoms. The molecular weight excluding hydrogens is 368 g/mol. The van der Waals surface area contributed by atoms with Gasteiger partial charge in [-0.3, -0.25) is 14.4 Å². The molecule has 0 fully saturated rings. The van der Waals surface area contributed by atoms with Gasteiger partial charge in [-0.15, -0.1) is 11.8 Å². The van der Waals surface area contributed by atoms with Crippen LogP contribution in [0.1, 0.15) is 10.4 Å². The van der Waals surface area contributed by atoms with E-state index in [1.165, 1.54) is 18.9 Å². The van der Waals surface area contributed by atoms with Crippen molar-refractivity contribution in [3.63, 3.8) is 0 Å². The molecule has 2 N–H and O–H groups in total. The molecule has 0 radical (unpaired) electrons. The smallest absolute Gasteiger partial charge is 0.325 e. The Hall–Kier alpha value is -3.00. The second-order valence-corrected chi connectivity index (χ2v) is 6.17. The van der Waals surface area contributed by atoms with Gasteiger partial charge in [0.05, 0.1) is 12.8 Å². The van der Waals surface area contributed by atoms with Crippen LogP contribution in [0.15, 0.2) is 53.4 Å². The number of anilines is 1. The zero-order valence-corrected chi connectivity index (χ0v) is 15.8. The second kappa shape index (κ2) is 10.2. The number of carbonyl (C=O) groups excluding carboxylic acids is 3. The van der Waals surface area contributed by atoms with E-state index in [0.717, 1.165) is 4.90 Å². The van der Waals surface area contributed by atoms with Gasteiger partial charge in [0.1, 0.15) is 12.3 Å². The number of thioether (sulfide) groups is 1. The predicted molar refractivity (Wildman–Crippen MR) is 103 cm³/mol. The van der Waals surface area contributed by atoms with Gasteiger partial charge in [-0.2, -0.15) is 0 Å². The third kappa shape index (κ3) is 6.34. The van der Waals surface area contributed by atoms with Gasteiger partial charge in [0.2, 0.25) is 0 Å². The van der Waals surface area contributed by atoms with Crippen LogP contribution in [0.4, 0.5) is 5.69 Å². The van der Waals surface area contributed by atoms with Crippen molar-refractivity contribution in [1.29, 1.82) is 0 Å². The number of nitrogens with one attached hydrogen (secondary N) is 2. The third-order valence-corrected chi connectivity index (χ3v) is 4.27. The fourth-order valence-electron chi connectivity index (χ4n) is 2.15. The molecule has 0 aliphatic heterocycles. The van der Waals surface area contributed by atoms with Crippen LogP contribution in [0.3, 0.4) is 0 Å². The van der Waals surface area contributed by atoms with E-state index in [1.54, 1.807) is 36.4 Å². The molecule has 8 heteroatoms. The number of amides is 2. The highest BCUT2D eigenvalue weighted by Crippen LogP contribution is 2.24. The van der Waals surface area contributed by atoms with Crippen LogP contribution in [0.25, 0.3) is 0 Å². The van der Waals surface area contributed by atoms with Crippen molar-refractivity contribution >= 4 is 35.2 Å². The zero-order valence-electron chi connectivity index (χ0n) is 15.0. The summed E-state index contributed by atoms with van der Waals surface area (Å²) in [7, 11) is 1.50. The molecule has 0 saturated heterocycles. The first-order valence-corrected chi connectivity index (χ1v) is 9.26. The number of benzene rings is 2. The lowest BCUT2D eigenvalue weighted by atomic mass is 10.2. The summed E-state index contributed by atoms with van der Waals surface area (Å²) >= 11 is 1.49. The normalized spacial score (nSPS) is 10.0. The SMILES string of the molecule is COc1cccc(C(=O)NCC(=O)OCC(=O)Nc2ccccc2SC)c1. The van der Waals surface area contributed by atoms with Crippen LogP contribution in [-0.2, 0) is 14.3 Å². The molecule has 2 aromatic rings. The maximum Gasteiger partial charge on any atom is 0.325 e. The first-order valence-electron chi connectivity index (χ1n) is 8.04. The van der Waals surface area contributed by atoms with Gasteiger partial charge in [0.15, 0.2) is 6.61 Å². The monoisotopic (exact) mass is 388 g/mol. The molecule has 0 aliphatic rings. The number of ether oxygens (including phenoxy) is 2. The van der Waals surface area contributed by atoms with Crippen LogP contribution >= 0.6 is 11.8 Å². The average Bonchev–Trinajstić information content (AvgIpc) is 2.70. The van der Waals surface area contributed by atoms with Crippen LogP contribution in [0, 0.1) is 0 Å². The van der Waals surface area contributed by atoms with E-state index in [-0.39, 0.29) is 6.54 Å². The van der Waals surface area contributed by atoms with Crippen molar-refractivity contribution in [2.75, 3.05) is 31.8 Å². The lowest BCUT2D eigenvalue weighted by Crippen LogP contribution is -2.32. The Kier molecular flexibility index (Phi) is 7.69. The molecule has 0 unspecified atom stereocenters. The summed E-state index contributed by atoms with van der Waals surface area (Å²) in [5, 5.41) is 5.12. The summed E-state index contributed by atoms with van der Waals surface area (Å²) in [6, 6.07) is 13.8. The molecule has 7 nitrogen and oxygen atoms in total. The lowest BCUT2D eigenvalue weighted by molar-refractivity contribution is -0.146. The topological polar surface area (TPSA) is 93.7 Å². The third-order valence-electron chi connectivity index (χ3n) is 3.47. The zero-order chi connectivity index (χ0) is 19.6. The van der Waals surface area contributed by atoms with Gasteiger partial charge in [-0.1, -0.05) is 18.2 Å². The highest BCUT2D eigenvalue weighted by Gasteiger charge is 2.12. The fourth-order valence-corrected chi connectivity index (χ4v) is 2.70. The van der Waals surface area contributed by atoms with E-state index in [4.69, 9.17) is 9.47 Å². The molecule has 142 valence electrons. The van der Waals surface area contributed by atoms with Crippen LogP contribution in [-0.4, -0.2) is 44.3 Å². The standard InChI is InChI=1S/C19H20N2O5S/c1-25-14-7-5-6-13(10-14)19(24)20-11-18(23)26-12-17(22)21-15-8-3-4-9-16(15)27-2/h3-10H,11-12H2,1-2H3,(H,20,24)(H,21,22). The molecule has 2 amide bonds. The van der Waals surface area contributed by atoms with Gasteiger partial charge in [-0.25, -0.2) is 0 Å². The first-order chi connectivity index (χ1) is 13.0. The average molecular weight is 388 g/mol. The molecule has 0 bridgehead atoms. The van der Waals surface area contributed by atoms with E-state index in [0.29, 0.717) is 17.0 Å². The Morgan fingerprint density at radius 1 is 1.07 bits per heavy atom. The Labute approximate surface area is 161 Å². The van der Waals surface area contributed by atoms with Gasteiger partial charge < -0.3 is 20.1 Å². The number of methoxy groups -OCH3 is 1. The molecule has 2 aromatic carbocycles.